The summed E-state index contributed by atoms with van der Waals surface area (Å²) in [6, 6.07) is 5.49. The molecule has 110 valence electrons. The van der Waals surface area contributed by atoms with Crippen LogP contribution in [0.5, 0.6) is 0 Å². The van der Waals surface area contributed by atoms with Gasteiger partial charge >= 0.3 is 0 Å². The van der Waals surface area contributed by atoms with Crippen molar-refractivity contribution < 1.29 is 4.92 Å². The SMILES string of the molecule is Cc1nn(C2CC3(C2)CN(C)C3)c2ccc([N+](=O)[O-])cc12. The van der Waals surface area contributed by atoms with E-state index in [4.69, 9.17) is 0 Å². The first-order chi connectivity index (χ1) is 9.97. The molecule has 0 amide bonds. The Morgan fingerprint density at radius 2 is 2.10 bits per heavy atom. The first kappa shape index (κ1) is 12.8. The normalized spacial score (nSPS) is 21.4. The second kappa shape index (κ2) is 4.04. The average molecular weight is 286 g/mol. The summed E-state index contributed by atoms with van der Waals surface area (Å²) >= 11 is 0. The zero-order valence-electron chi connectivity index (χ0n) is 12.2. The van der Waals surface area contributed by atoms with E-state index in [2.05, 4.69) is 21.7 Å². The molecule has 1 aliphatic heterocycles. The highest BCUT2D eigenvalue weighted by Crippen LogP contribution is 2.54. The van der Waals surface area contributed by atoms with E-state index in [1.54, 1.807) is 12.1 Å². The van der Waals surface area contributed by atoms with Crippen LogP contribution < -0.4 is 0 Å². The smallest absolute Gasteiger partial charge is 0.270 e. The van der Waals surface area contributed by atoms with Crippen molar-refractivity contribution >= 4 is 16.6 Å². The molecule has 2 fully saturated rings. The molecule has 0 N–H and O–H groups in total. The maximum atomic E-state index is 10.9. The molecule has 1 saturated carbocycles. The highest BCUT2D eigenvalue weighted by atomic mass is 16.6. The highest BCUT2D eigenvalue weighted by Gasteiger charge is 2.52. The van der Waals surface area contributed by atoms with Crippen molar-refractivity contribution in [1.29, 1.82) is 0 Å². The molecule has 1 aliphatic carbocycles. The van der Waals surface area contributed by atoms with Crippen molar-refractivity contribution in [2.24, 2.45) is 5.41 Å². The van der Waals surface area contributed by atoms with Crippen LogP contribution in [0.1, 0.15) is 24.6 Å². The van der Waals surface area contributed by atoms with E-state index in [-0.39, 0.29) is 10.6 Å². The first-order valence-corrected chi connectivity index (χ1v) is 7.29. The van der Waals surface area contributed by atoms with Crippen molar-refractivity contribution in [2.75, 3.05) is 20.1 Å². The zero-order chi connectivity index (χ0) is 14.8. The lowest BCUT2D eigenvalue weighted by Gasteiger charge is -2.58. The van der Waals surface area contributed by atoms with Gasteiger partial charge in [-0.2, -0.15) is 5.10 Å². The molecule has 1 saturated heterocycles. The van der Waals surface area contributed by atoms with Crippen LogP contribution in [0.2, 0.25) is 0 Å². The molecule has 1 aromatic carbocycles. The molecule has 2 aliphatic rings. The molecule has 4 rings (SSSR count). The van der Waals surface area contributed by atoms with Crippen molar-refractivity contribution in [3.8, 4) is 0 Å². The molecule has 2 aromatic rings. The predicted molar refractivity (Wildman–Crippen MR) is 79.3 cm³/mol. The number of hydrogen-bond donors (Lipinski definition) is 0. The largest absolute Gasteiger partial charge is 0.305 e. The summed E-state index contributed by atoms with van der Waals surface area (Å²) in [5.41, 5.74) is 2.54. The lowest BCUT2D eigenvalue weighted by molar-refractivity contribution is -0.384. The fourth-order valence-electron chi connectivity index (χ4n) is 4.14. The van der Waals surface area contributed by atoms with Gasteiger partial charge in [0.1, 0.15) is 0 Å². The van der Waals surface area contributed by atoms with Gasteiger partial charge in [0.15, 0.2) is 0 Å². The van der Waals surface area contributed by atoms with Gasteiger partial charge in [-0.3, -0.25) is 14.8 Å². The number of rotatable bonds is 2. The molecular weight excluding hydrogens is 268 g/mol. The van der Waals surface area contributed by atoms with E-state index in [1.807, 2.05) is 13.0 Å². The lowest BCUT2D eigenvalue weighted by atomic mass is 9.61. The summed E-state index contributed by atoms with van der Waals surface area (Å²) in [5.74, 6) is 0. The van der Waals surface area contributed by atoms with E-state index in [0.29, 0.717) is 11.5 Å². The van der Waals surface area contributed by atoms with Gasteiger partial charge in [-0.05, 0) is 38.3 Å². The summed E-state index contributed by atoms with van der Waals surface area (Å²) in [6.45, 7) is 4.30. The summed E-state index contributed by atoms with van der Waals surface area (Å²) in [6.07, 6.45) is 2.34. The third kappa shape index (κ3) is 1.78. The van der Waals surface area contributed by atoms with Crippen LogP contribution in [0.25, 0.3) is 10.9 Å². The van der Waals surface area contributed by atoms with E-state index >= 15 is 0 Å². The highest BCUT2D eigenvalue weighted by molar-refractivity contribution is 5.84. The van der Waals surface area contributed by atoms with Crippen molar-refractivity contribution in [3.05, 3.63) is 34.0 Å². The Balaban J connectivity index is 1.66. The van der Waals surface area contributed by atoms with Gasteiger partial charge in [0.2, 0.25) is 0 Å². The number of fused-ring (bicyclic) bond motifs is 1. The van der Waals surface area contributed by atoms with Gasteiger partial charge in [0.05, 0.1) is 22.2 Å². The van der Waals surface area contributed by atoms with E-state index in [1.165, 1.54) is 25.9 Å². The van der Waals surface area contributed by atoms with Gasteiger partial charge < -0.3 is 4.90 Å². The second-order valence-corrected chi connectivity index (χ2v) is 6.72. The molecule has 6 nitrogen and oxygen atoms in total. The number of aryl methyl sites for hydroxylation is 1. The number of nitro benzene ring substituents is 1. The van der Waals surface area contributed by atoms with Gasteiger partial charge in [-0.25, -0.2) is 0 Å². The number of likely N-dealkylation sites (tertiary alicyclic amines) is 1. The fraction of sp³-hybridized carbons (Fsp3) is 0.533. The molecular formula is C15H18N4O2. The third-order valence-corrected chi connectivity index (χ3v) is 4.98. The molecule has 21 heavy (non-hydrogen) atoms. The average Bonchev–Trinajstić information content (AvgIpc) is 2.69. The Kier molecular flexibility index (Phi) is 2.45. The van der Waals surface area contributed by atoms with Crippen LogP contribution in [0.4, 0.5) is 5.69 Å². The number of hydrogen-bond acceptors (Lipinski definition) is 4. The molecule has 2 heterocycles. The Hall–Kier alpha value is -1.95. The minimum Gasteiger partial charge on any atom is -0.305 e. The maximum absolute atomic E-state index is 10.9. The fourth-order valence-corrected chi connectivity index (χ4v) is 4.14. The summed E-state index contributed by atoms with van der Waals surface area (Å²) < 4.78 is 2.08. The number of nitro groups is 1. The molecule has 0 unspecified atom stereocenters. The number of nitrogens with zero attached hydrogens (tertiary/aromatic N) is 4. The molecule has 0 bridgehead atoms. The number of benzene rings is 1. The minimum absolute atomic E-state index is 0.135. The first-order valence-electron chi connectivity index (χ1n) is 7.29. The Morgan fingerprint density at radius 3 is 2.71 bits per heavy atom. The maximum Gasteiger partial charge on any atom is 0.270 e. The van der Waals surface area contributed by atoms with Gasteiger partial charge in [-0.15, -0.1) is 0 Å². The topological polar surface area (TPSA) is 64.2 Å². The van der Waals surface area contributed by atoms with Crippen molar-refractivity contribution in [1.82, 2.24) is 14.7 Å². The summed E-state index contributed by atoms with van der Waals surface area (Å²) in [7, 11) is 2.16. The lowest BCUT2D eigenvalue weighted by Crippen LogP contribution is -2.60. The summed E-state index contributed by atoms with van der Waals surface area (Å²) in [5, 5.41) is 16.4. The van der Waals surface area contributed by atoms with Crippen LogP contribution in [-0.4, -0.2) is 39.7 Å². The van der Waals surface area contributed by atoms with Gasteiger partial charge in [0, 0.05) is 30.6 Å². The Morgan fingerprint density at radius 1 is 1.38 bits per heavy atom. The van der Waals surface area contributed by atoms with E-state index in [0.717, 1.165) is 16.6 Å². The van der Waals surface area contributed by atoms with Crippen LogP contribution in [0, 0.1) is 22.5 Å². The monoisotopic (exact) mass is 286 g/mol. The van der Waals surface area contributed by atoms with Crippen molar-refractivity contribution in [3.63, 3.8) is 0 Å². The van der Waals surface area contributed by atoms with Gasteiger partial charge in [0.25, 0.3) is 5.69 Å². The number of aromatic nitrogens is 2. The zero-order valence-corrected chi connectivity index (χ0v) is 12.2. The van der Waals surface area contributed by atoms with Crippen LogP contribution in [-0.2, 0) is 0 Å². The quantitative estimate of drug-likeness (QED) is 0.628. The molecule has 1 aromatic heterocycles. The van der Waals surface area contributed by atoms with E-state index in [9.17, 15) is 10.1 Å². The van der Waals surface area contributed by atoms with Crippen molar-refractivity contribution in [2.45, 2.75) is 25.8 Å². The van der Waals surface area contributed by atoms with Gasteiger partial charge in [-0.1, -0.05) is 0 Å². The molecule has 6 heteroatoms. The standard InChI is InChI=1S/C15H18N4O2/c1-10-13-5-11(19(20)21)3-4-14(13)18(16-10)12-6-15(7-12)8-17(2)9-15/h3-5,12H,6-9H2,1-2H3. The second-order valence-electron chi connectivity index (χ2n) is 6.72. The van der Waals surface area contributed by atoms with Crippen LogP contribution in [0.15, 0.2) is 18.2 Å². The number of non-ortho nitro benzene ring substituents is 1. The Bertz CT molecular complexity index is 737. The summed E-state index contributed by atoms with van der Waals surface area (Å²) in [4.78, 5) is 12.9. The minimum atomic E-state index is -0.348. The molecule has 0 atom stereocenters. The van der Waals surface area contributed by atoms with Crippen LogP contribution >= 0.6 is 0 Å². The molecule has 0 radical (unpaired) electrons. The predicted octanol–water partition coefficient (Wildman–Crippen LogP) is 2.52. The van der Waals surface area contributed by atoms with E-state index < -0.39 is 0 Å². The Labute approximate surface area is 122 Å². The third-order valence-electron chi connectivity index (χ3n) is 4.98. The van der Waals surface area contributed by atoms with Crippen LogP contribution in [0.3, 0.4) is 0 Å². The molecule has 1 spiro atoms.